The van der Waals surface area contributed by atoms with Crippen molar-refractivity contribution < 1.29 is 72.8 Å². The maximum Gasteiger partial charge on any atom is 0.330 e. The van der Waals surface area contributed by atoms with Gasteiger partial charge in [0.2, 0.25) is 0 Å². The Morgan fingerprint density at radius 2 is 1.49 bits per heavy atom. The van der Waals surface area contributed by atoms with E-state index in [-0.39, 0.29) is 51.4 Å². The largest absolute Gasteiger partial charge is 0.466 e. The van der Waals surface area contributed by atoms with Gasteiger partial charge in [0.05, 0.1) is 68.6 Å². The van der Waals surface area contributed by atoms with E-state index in [1.807, 2.05) is 6.92 Å². The van der Waals surface area contributed by atoms with Gasteiger partial charge in [-0.25, -0.2) is 9.59 Å². The molecule has 3 saturated heterocycles. The molecular weight excluding hydrogens is 744 g/mol. The molecule has 4 heterocycles. The zero-order valence-corrected chi connectivity index (χ0v) is 34.9. The number of esters is 4. The minimum absolute atomic E-state index is 0.0632. The molecule has 0 saturated carbocycles. The van der Waals surface area contributed by atoms with Crippen molar-refractivity contribution in [1.82, 2.24) is 0 Å². The van der Waals surface area contributed by atoms with Crippen molar-refractivity contribution in [2.45, 2.75) is 173 Å². The Morgan fingerprint density at radius 3 is 2.11 bits per heavy atom. The van der Waals surface area contributed by atoms with Crippen molar-refractivity contribution in [3.05, 3.63) is 35.5 Å². The smallest absolute Gasteiger partial charge is 0.330 e. The monoisotopic (exact) mass is 808 g/mol. The van der Waals surface area contributed by atoms with Crippen molar-refractivity contribution in [1.29, 1.82) is 0 Å². The number of carbonyl (C=O) groups is 4. The minimum Gasteiger partial charge on any atom is -0.466 e. The first-order chi connectivity index (χ1) is 26.5. The van der Waals surface area contributed by atoms with Gasteiger partial charge in [-0.05, 0) is 32.6 Å². The Labute approximate surface area is 335 Å². The van der Waals surface area contributed by atoms with Gasteiger partial charge in [-0.1, -0.05) is 64.8 Å². The molecule has 0 aromatic heterocycles. The summed E-state index contributed by atoms with van der Waals surface area (Å²) in [7, 11) is 2.52. The number of hydrogen-bond donors (Lipinski definition) is 4. The van der Waals surface area contributed by atoms with E-state index in [1.165, 1.54) is 33.3 Å². The Kier molecular flexibility index (Phi) is 15.4. The molecule has 11 atom stereocenters. The number of ether oxygens (including phenoxy) is 7. The summed E-state index contributed by atoms with van der Waals surface area (Å²) in [5, 5.41) is 46.7. The molecule has 0 aliphatic carbocycles. The molecule has 4 N–H and O–H groups in total. The fourth-order valence-electron chi connectivity index (χ4n) is 7.95. The van der Waals surface area contributed by atoms with E-state index in [4.69, 9.17) is 33.2 Å². The van der Waals surface area contributed by atoms with E-state index in [0.29, 0.717) is 17.6 Å². The van der Waals surface area contributed by atoms with Crippen LogP contribution in [0.25, 0.3) is 0 Å². The van der Waals surface area contributed by atoms with Gasteiger partial charge in [0.25, 0.3) is 0 Å². The highest BCUT2D eigenvalue weighted by Crippen LogP contribution is 2.50. The van der Waals surface area contributed by atoms with Crippen molar-refractivity contribution >= 4 is 23.9 Å². The van der Waals surface area contributed by atoms with E-state index >= 15 is 0 Å². The summed E-state index contributed by atoms with van der Waals surface area (Å²) in [6.45, 7) is 12.0. The number of methoxy groups -OCH3 is 2. The summed E-state index contributed by atoms with van der Waals surface area (Å²) < 4.78 is 40.9. The van der Waals surface area contributed by atoms with Gasteiger partial charge in [-0.15, -0.1) is 0 Å². The van der Waals surface area contributed by atoms with Crippen LogP contribution in [0, 0.1) is 16.7 Å². The van der Waals surface area contributed by atoms with Crippen molar-refractivity contribution in [3.8, 4) is 0 Å². The van der Waals surface area contributed by atoms with Gasteiger partial charge in [-0.3, -0.25) is 9.59 Å². The molecule has 57 heavy (non-hydrogen) atoms. The molecule has 11 unspecified atom stereocenters. The number of rotatable bonds is 6. The third-order valence-corrected chi connectivity index (χ3v) is 12.1. The number of aliphatic hydroxyl groups is 4. The van der Waals surface area contributed by atoms with Gasteiger partial charge in [-0.2, -0.15) is 0 Å². The van der Waals surface area contributed by atoms with Crippen LogP contribution in [0.2, 0.25) is 0 Å². The van der Waals surface area contributed by atoms with Crippen LogP contribution in [0.3, 0.4) is 0 Å². The topological polar surface area (TPSA) is 214 Å². The lowest BCUT2D eigenvalue weighted by Gasteiger charge is -2.54. The normalized spacial score (nSPS) is 37.8. The van der Waals surface area contributed by atoms with Crippen LogP contribution in [0.5, 0.6) is 0 Å². The number of aliphatic hydroxyl groups excluding tert-OH is 2. The van der Waals surface area contributed by atoms with E-state index in [2.05, 4.69) is 0 Å². The van der Waals surface area contributed by atoms with Gasteiger partial charge >= 0.3 is 23.9 Å². The first-order valence-electron chi connectivity index (χ1n) is 20.0. The molecule has 3 fully saturated rings. The average molecular weight is 809 g/mol. The fraction of sp³-hybridized carbons (Fsp3) is 0.762. The molecule has 15 nitrogen and oxygen atoms in total. The first kappa shape index (κ1) is 46.5. The van der Waals surface area contributed by atoms with E-state index in [9.17, 15) is 39.6 Å². The maximum absolute atomic E-state index is 13.3. The number of hydrogen-bond acceptors (Lipinski definition) is 15. The molecule has 0 aromatic rings. The van der Waals surface area contributed by atoms with Crippen molar-refractivity contribution in [2.75, 3.05) is 14.2 Å². The second kappa shape index (κ2) is 18.8. The number of cyclic esters (lactones) is 1. The van der Waals surface area contributed by atoms with Crippen LogP contribution in [0.1, 0.15) is 113 Å². The van der Waals surface area contributed by atoms with Crippen molar-refractivity contribution in [2.24, 2.45) is 16.7 Å². The van der Waals surface area contributed by atoms with E-state index in [0.717, 1.165) is 0 Å². The quantitative estimate of drug-likeness (QED) is 0.130. The Morgan fingerprint density at radius 1 is 0.877 bits per heavy atom. The standard InChI is InChI=1S/C42H64O15/c1-10-24(2)38(48)55-34-21-31-18-28(44)19-37(47)54-33(25(3)43)20-30-15-27(17-36(46)52-9)22-41(49,56-30)39(4,5)12-11-29-13-26(16-35(45)51-8)14-32(53-29)23-42(50,57-31)40(34,6)7/h11-12,16-17,24-25,28-34,43-44,49-50H,10,13-15,18-23H2,1-9H3/b12-11+,26-16-,27-17+. The molecule has 322 valence electrons. The second-order valence-corrected chi connectivity index (χ2v) is 17.4. The van der Waals surface area contributed by atoms with Gasteiger partial charge in [0, 0.05) is 49.7 Å². The van der Waals surface area contributed by atoms with Crippen molar-refractivity contribution in [3.63, 3.8) is 0 Å². The van der Waals surface area contributed by atoms with Crippen LogP contribution in [0.15, 0.2) is 35.5 Å². The van der Waals surface area contributed by atoms with Gasteiger partial charge in [0.15, 0.2) is 11.6 Å². The van der Waals surface area contributed by atoms with Crippen LogP contribution in [-0.2, 0) is 52.3 Å². The number of fused-ring (bicyclic) bond motifs is 6. The second-order valence-electron chi connectivity index (χ2n) is 17.4. The van der Waals surface area contributed by atoms with Gasteiger partial charge < -0.3 is 53.6 Å². The molecule has 4 aliphatic rings. The summed E-state index contributed by atoms with van der Waals surface area (Å²) in [6.07, 6.45) is -0.997. The Hall–Kier alpha value is -3.18. The zero-order valence-electron chi connectivity index (χ0n) is 34.9. The lowest BCUT2D eigenvalue weighted by molar-refractivity contribution is -0.349. The molecule has 0 aromatic carbocycles. The van der Waals surface area contributed by atoms with Crippen LogP contribution in [0.4, 0.5) is 0 Å². The predicted molar refractivity (Wildman–Crippen MR) is 204 cm³/mol. The third kappa shape index (κ3) is 11.5. The highest BCUT2D eigenvalue weighted by atomic mass is 16.6. The molecular formula is C42H64O15. The Balaban J connectivity index is 1.81. The Bertz CT molecular complexity index is 1550. The van der Waals surface area contributed by atoms with Crippen LogP contribution in [-0.4, -0.2) is 119 Å². The predicted octanol–water partition coefficient (Wildman–Crippen LogP) is 3.87. The summed E-state index contributed by atoms with van der Waals surface area (Å²) in [6, 6.07) is 0. The molecule has 0 spiro atoms. The lowest BCUT2D eigenvalue weighted by atomic mass is 9.70. The molecule has 4 rings (SSSR count). The highest BCUT2D eigenvalue weighted by Gasteiger charge is 2.58. The summed E-state index contributed by atoms with van der Waals surface area (Å²) >= 11 is 0. The molecule has 15 heteroatoms. The lowest BCUT2D eigenvalue weighted by Crippen LogP contribution is -2.62. The molecule has 6 bridgehead atoms. The van der Waals surface area contributed by atoms with E-state index < -0.39 is 107 Å². The van der Waals surface area contributed by atoms with Crippen LogP contribution >= 0.6 is 0 Å². The van der Waals surface area contributed by atoms with Crippen LogP contribution < -0.4 is 0 Å². The average Bonchev–Trinajstić information content (AvgIpc) is 3.11. The highest BCUT2D eigenvalue weighted by molar-refractivity contribution is 5.83. The van der Waals surface area contributed by atoms with Gasteiger partial charge in [0.1, 0.15) is 12.2 Å². The molecule has 0 amide bonds. The first-order valence-corrected chi connectivity index (χ1v) is 20.0. The zero-order chi connectivity index (χ0) is 42.5. The molecule has 0 radical (unpaired) electrons. The maximum atomic E-state index is 13.3. The third-order valence-electron chi connectivity index (χ3n) is 12.1. The summed E-state index contributed by atoms with van der Waals surface area (Å²) in [5.41, 5.74) is -1.16. The summed E-state index contributed by atoms with van der Waals surface area (Å²) in [5.74, 6) is -6.77. The number of carbonyl (C=O) groups excluding carboxylic acids is 4. The minimum atomic E-state index is -2.00. The fourth-order valence-corrected chi connectivity index (χ4v) is 7.95. The van der Waals surface area contributed by atoms with E-state index in [1.54, 1.807) is 46.8 Å². The molecule has 4 aliphatic heterocycles. The summed E-state index contributed by atoms with van der Waals surface area (Å²) in [4.78, 5) is 51.3. The SMILES string of the molecule is CCC(C)C(=O)OC1CC2CC(O)CC(=O)OC(C(C)O)CC3C/C(=C\C(=O)OC)CC(O)(O3)C(C)(C)/C=C/C3C/C(=C/C(=O)OC)CC(CC(O)(O2)C1(C)C)O3.